The molecule has 5 rings (SSSR count). The average Bonchev–Trinajstić information content (AvgIpc) is 2.85. The van der Waals surface area contributed by atoms with E-state index < -0.39 is 23.7 Å². The minimum atomic E-state index is -2.69. The first-order chi connectivity index (χ1) is 17.2. The lowest BCUT2D eigenvalue weighted by molar-refractivity contribution is -0.0901. The number of aromatic amines is 1. The molecule has 0 unspecified atom stereocenters. The number of alkyl halides is 2. The van der Waals surface area contributed by atoms with E-state index in [0.29, 0.717) is 55.9 Å². The van der Waals surface area contributed by atoms with Gasteiger partial charge in [0.25, 0.3) is 17.4 Å². The lowest BCUT2D eigenvalue weighted by atomic mass is 9.88. The molecule has 1 aliphatic carbocycles. The van der Waals surface area contributed by atoms with E-state index in [9.17, 15) is 18.4 Å². The number of anilines is 1. The van der Waals surface area contributed by atoms with Gasteiger partial charge in [-0.25, -0.2) is 23.1 Å². The molecule has 36 heavy (non-hydrogen) atoms. The van der Waals surface area contributed by atoms with E-state index in [2.05, 4.69) is 30.1 Å². The summed E-state index contributed by atoms with van der Waals surface area (Å²) in [4.78, 5) is 39.7. The zero-order valence-corrected chi connectivity index (χ0v) is 19.9. The number of nitrogens with zero attached hydrogens (tertiary/aromatic N) is 4. The molecule has 1 saturated carbocycles. The van der Waals surface area contributed by atoms with E-state index in [4.69, 9.17) is 0 Å². The fourth-order valence-corrected chi connectivity index (χ4v) is 4.70. The Balaban J connectivity index is 1.17. The van der Waals surface area contributed by atoms with Gasteiger partial charge >= 0.3 is 0 Å². The number of piperazine rings is 1. The zero-order valence-electron chi connectivity index (χ0n) is 19.9. The first kappa shape index (κ1) is 24.2. The van der Waals surface area contributed by atoms with Gasteiger partial charge in [-0.05, 0) is 24.6 Å². The molecule has 1 aliphatic heterocycles. The summed E-state index contributed by atoms with van der Waals surface area (Å²) < 4.78 is 41.0. The molecule has 1 aromatic carbocycles. The molecule has 0 spiro atoms. The van der Waals surface area contributed by atoms with Crippen molar-refractivity contribution >= 4 is 22.6 Å². The molecule has 1 amide bonds. The van der Waals surface area contributed by atoms with Crippen molar-refractivity contribution < 1.29 is 18.0 Å². The molecule has 1 saturated heterocycles. The lowest BCUT2D eigenvalue weighted by Gasteiger charge is -2.36. The molecule has 0 bridgehead atoms. The number of hydrogen-bond acceptors (Lipinski definition) is 6. The van der Waals surface area contributed by atoms with Crippen molar-refractivity contribution in [3.05, 3.63) is 63.6 Å². The predicted molar refractivity (Wildman–Crippen MR) is 129 cm³/mol. The van der Waals surface area contributed by atoms with Gasteiger partial charge in [0.2, 0.25) is 0 Å². The summed E-state index contributed by atoms with van der Waals surface area (Å²) in [7, 11) is 0. The van der Waals surface area contributed by atoms with Crippen molar-refractivity contribution in [1.82, 2.24) is 25.2 Å². The normalized spacial score (nSPS) is 18.3. The predicted octanol–water partition coefficient (Wildman–Crippen LogP) is 2.87. The first-order valence-corrected chi connectivity index (χ1v) is 12.0. The molecular weight excluding hydrogens is 473 g/mol. The maximum atomic E-state index is 15.1. The second-order valence-electron chi connectivity index (χ2n) is 9.40. The Labute approximate surface area is 205 Å². The summed E-state index contributed by atoms with van der Waals surface area (Å²) in [5, 5.41) is 2.58. The summed E-state index contributed by atoms with van der Waals surface area (Å²) in [5.41, 5.74) is 2.14. The molecule has 2 fully saturated rings. The molecule has 8 nitrogen and oxygen atoms in total. The molecule has 2 aliphatic rings. The van der Waals surface area contributed by atoms with Crippen LogP contribution in [0.5, 0.6) is 0 Å². The Morgan fingerprint density at radius 1 is 1.17 bits per heavy atom. The number of carbonyl (C=O) groups excluding carboxylic acids is 1. The van der Waals surface area contributed by atoms with Crippen molar-refractivity contribution in [2.45, 2.75) is 44.7 Å². The van der Waals surface area contributed by atoms with Crippen LogP contribution in [0.25, 0.3) is 11.0 Å². The summed E-state index contributed by atoms with van der Waals surface area (Å²) in [6.45, 7) is 5.01. The van der Waals surface area contributed by atoms with Gasteiger partial charge in [-0.15, -0.1) is 0 Å². The van der Waals surface area contributed by atoms with Gasteiger partial charge in [0.1, 0.15) is 16.9 Å². The Morgan fingerprint density at radius 2 is 1.92 bits per heavy atom. The second-order valence-corrected chi connectivity index (χ2v) is 9.40. The van der Waals surface area contributed by atoms with Gasteiger partial charge in [0, 0.05) is 57.2 Å². The number of amides is 1. The van der Waals surface area contributed by atoms with Crippen LogP contribution in [0, 0.1) is 5.82 Å². The third kappa shape index (κ3) is 4.92. The van der Waals surface area contributed by atoms with Crippen molar-refractivity contribution in [3.63, 3.8) is 0 Å². The van der Waals surface area contributed by atoms with Crippen LogP contribution in [0.1, 0.15) is 41.5 Å². The first-order valence-electron chi connectivity index (χ1n) is 12.0. The van der Waals surface area contributed by atoms with Crippen molar-refractivity contribution in [2.75, 3.05) is 31.1 Å². The quantitative estimate of drug-likeness (QED) is 0.541. The number of halogens is 3. The monoisotopic (exact) mass is 500 g/mol. The molecule has 3 heterocycles. The number of aryl methyl sites for hydroxylation is 1. The second kappa shape index (κ2) is 9.53. The fraction of sp³-hybridized carbons (Fsp3) is 0.440. The number of carbonyl (C=O) groups is 1. The van der Waals surface area contributed by atoms with Crippen LogP contribution < -0.4 is 15.8 Å². The molecule has 3 aromatic rings. The third-order valence-electron chi connectivity index (χ3n) is 6.83. The van der Waals surface area contributed by atoms with Crippen molar-refractivity contribution in [1.29, 1.82) is 0 Å². The highest BCUT2D eigenvalue weighted by molar-refractivity contribution is 5.92. The van der Waals surface area contributed by atoms with Gasteiger partial charge < -0.3 is 15.2 Å². The summed E-state index contributed by atoms with van der Waals surface area (Å²) in [5.74, 6) is -3.59. The topological polar surface area (TPSA) is 94.2 Å². The smallest absolute Gasteiger partial charge is 0.270 e. The van der Waals surface area contributed by atoms with Gasteiger partial charge in [-0.1, -0.05) is 13.0 Å². The van der Waals surface area contributed by atoms with Crippen molar-refractivity contribution in [2.24, 2.45) is 0 Å². The molecule has 190 valence electrons. The van der Waals surface area contributed by atoms with E-state index in [1.54, 1.807) is 30.5 Å². The van der Waals surface area contributed by atoms with Gasteiger partial charge in [0.15, 0.2) is 5.82 Å². The van der Waals surface area contributed by atoms with E-state index in [1.807, 2.05) is 6.92 Å². The minimum Gasteiger partial charge on any atom is -0.368 e. The van der Waals surface area contributed by atoms with Crippen LogP contribution in [0.3, 0.4) is 0 Å². The maximum absolute atomic E-state index is 15.1. The Bertz CT molecular complexity index is 1330. The summed E-state index contributed by atoms with van der Waals surface area (Å²) >= 11 is 0. The van der Waals surface area contributed by atoms with E-state index in [0.717, 1.165) is 5.69 Å². The van der Waals surface area contributed by atoms with E-state index in [-0.39, 0.29) is 29.6 Å². The fourth-order valence-electron chi connectivity index (χ4n) is 4.70. The number of pyridine rings is 1. The molecule has 0 atom stereocenters. The number of aromatic nitrogens is 3. The van der Waals surface area contributed by atoms with Crippen LogP contribution in [0.15, 0.2) is 35.3 Å². The van der Waals surface area contributed by atoms with Gasteiger partial charge in [-0.3, -0.25) is 14.5 Å². The average molecular weight is 501 g/mol. The molecule has 0 radical (unpaired) electrons. The van der Waals surface area contributed by atoms with Crippen LogP contribution in [0.4, 0.5) is 18.9 Å². The van der Waals surface area contributed by atoms with E-state index in [1.165, 1.54) is 0 Å². The van der Waals surface area contributed by atoms with Crippen molar-refractivity contribution in [3.8, 4) is 0 Å². The highest BCUT2D eigenvalue weighted by Crippen LogP contribution is 2.37. The number of benzene rings is 1. The Kier molecular flexibility index (Phi) is 6.42. The van der Waals surface area contributed by atoms with Gasteiger partial charge in [0.05, 0.1) is 17.4 Å². The number of rotatable bonds is 6. The number of nitrogens with one attached hydrogen (secondary N) is 2. The maximum Gasteiger partial charge on any atom is 0.270 e. The minimum absolute atomic E-state index is 0.134. The Morgan fingerprint density at radius 3 is 2.56 bits per heavy atom. The van der Waals surface area contributed by atoms with Gasteiger partial charge in [-0.2, -0.15) is 0 Å². The third-order valence-corrected chi connectivity index (χ3v) is 6.83. The summed E-state index contributed by atoms with van der Waals surface area (Å²) in [6.07, 6.45) is 1.42. The highest BCUT2D eigenvalue weighted by atomic mass is 19.3. The lowest BCUT2D eigenvalue weighted by Crippen LogP contribution is -2.50. The van der Waals surface area contributed by atoms with E-state index >= 15 is 4.39 Å². The molecule has 2 aromatic heterocycles. The standard InChI is InChI=1S/C25H27F3N6O2/c1-2-18-23(35)32-22-19(31-18)5-3-15(21(22)26)14-33-7-9-34(10-8-33)17-4-6-20(29-13-17)24(36)30-16-11-25(27,28)12-16/h3-6,13,16H,2,7-12,14H2,1H3,(H,30,36)(H,32,35). The van der Waals surface area contributed by atoms with Crippen LogP contribution in [0.2, 0.25) is 0 Å². The SMILES string of the molecule is CCc1nc2ccc(CN3CCN(c4ccc(C(=O)NC5CC(F)(F)C5)nc4)CC3)c(F)c2[nH]c1=O. The number of hydrogen-bond donors (Lipinski definition) is 2. The molecule has 11 heteroatoms. The highest BCUT2D eigenvalue weighted by Gasteiger charge is 2.46. The number of H-pyrrole nitrogens is 1. The van der Waals surface area contributed by atoms with Crippen LogP contribution in [-0.2, 0) is 13.0 Å². The molecular formula is C25H27F3N6O2. The Hall–Kier alpha value is -3.47. The molecule has 2 N–H and O–H groups in total. The zero-order chi connectivity index (χ0) is 25.4. The largest absolute Gasteiger partial charge is 0.368 e. The summed E-state index contributed by atoms with van der Waals surface area (Å²) in [6, 6.07) is 6.33. The van der Waals surface area contributed by atoms with Crippen LogP contribution in [-0.4, -0.2) is 63.9 Å². The van der Waals surface area contributed by atoms with Crippen LogP contribution >= 0.6 is 0 Å². The number of fused-ring (bicyclic) bond motifs is 1.